The third-order valence-corrected chi connectivity index (χ3v) is 2.24. The van der Waals surface area contributed by atoms with Crippen molar-refractivity contribution in [2.24, 2.45) is 0 Å². The topological polar surface area (TPSA) is 41.1 Å². The molecule has 1 heterocycles. The molecular formula is C10H17FN4. The van der Waals surface area contributed by atoms with Crippen molar-refractivity contribution in [3.05, 3.63) is 17.8 Å². The molecule has 0 atom stereocenters. The molecule has 5 heteroatoms. The van der Waals surface area contributed by atoms with Crippen molar-refractivity contribution in [1.82, 2.24) is 15.3 Å². The second kappa shape index (κ2) is 5.60. The molecule has 0 aromatic carbocycles. The van der Waals surface area contributed by atoms with E-state index in [0.29, 0.717) is 24.5 Å². The minimum Gasteiger partial charge on any atom is -0.356 e. The predicted octanol–water partition coefficient (Wildman–Crippen LogP) is 0.834. The first kappa shape index (κ1) is 11.8. The molecule has 0 saturated carbocycles. The van der Waals surface area contributed by atoms with Gasteiger partial charge in [-0.25, -0.2) is 14.4 Å². The fourth-order valence-corrected chi connectivity index (χ4v) is 1.29. The molecule has 0 aliphatic carbocycles. The van der Waals surface area contributed by atoms with Gasteiger partial charge in [-0.3, -0.25) is 0 Å². The average molecular weight is 212 g/mol. The predicted molar refractivity (Wildman–Crippen MR) is 58.6 cm³/mol. The number of aromatic nitrogens is 2. The normalized spacial score (nSPS) is 10.4. The number of nitrogens with zero attached hydrogens (tertiary/aromatic N) is 3. The molecule has 1 rings (SSSR count). The van der Waals surface area contributed by atoms with Gasteiger partial charge in [0.2, 0.25) is 0 Å². The molecule has 0 spiro atoms. The van der Waals surface area contributed by atoms with Crippen molar-refractivity contribution in [3.8, 4) is 0 Å². The fourth-order valence-electron chi connectivity index (χ4n) is 1.29. The first-order chi connectivity index (χ1) is 7.20. The van der Waals surface area contributed by atoms with E-state index in [2.05, 4.69) is 15.3 Å². The number of likely N-dealkylation sites (N-methyl/N-ethyl adjacent to an activating group) is 2. The van der Waals surface area contributed by atoms with E-state index >= 15 is 0 Å². The van der Waals surface area contributed by atoms with Gasteiger partial charge in [0.25, 0.3) is 0 Å². The summed E-state index contributed by atoms with van der Waals surface area (Å²) in [7, 11) is 3.68. The summed E-state index contributed by atoms with van der Waals surface area (Å²) >= 11 is 0. The number of halogens is 1. The first-order valence-electron chi connectivity index (χ1n) is 5.05. The molecule has 0 fully saturated rings. The van der Waals surface area contributed by atoms with E-state index in [4.69, 9.17) is 0 Å². The van der Waals surface area contributed by atoms with Gasteiger partial charge in [-0.05, 0) is 13.5 Å². The maximum atomic E-state index is 13.8. The third-order valence-electron chi connectivity index (χ3n) is 2.24. The lowest BCUT2D eigenvalue weighted by Gasteiger charge is -2.18. The van der Waals surface area contributed by atoms with Gasteiger partial charge in [0.15, 0.2) is 11.6 Å². The van der Waals surface area contributed by atoms with Crippen LogP contribution in [0, 0.1) is 5.82 Å². The van der Waals surface area contributed by atoms with Crippen molar-refractivity contribution in [2.45, 2.75) is 13.3 Å². The second-order valence-electron chi connectivity index (χ2n) is 3.34. The summed E-state index contributed by atoms with van der Waals surface area (Å²) in [5.74, 6) is 0.0655. The first-order valence-corrected chi connectivity index (χ1v) is 5.05. The molecule has 0 radical (unpaired) electrons. The van der Waals surface area contributed by atoms with Gasteiger partial charge >= 0.3 is 0 Å². The quantitative estimate of drug-likeness (QED) is 0.785. The van der Waals surface area contributed by atoms with Crippen LogP contribution in [0.1, 0.15) is 12.6 Å². The van der Waals surface area contributed by atoms with Crippen LogP contribution in [-0.2, 0) is 6.42 Å². The summed E-state index contributed by atoms with van der Waals surface area (Å²) in [6.07, 6.45) is 1.99. The lowest BCUT2D eigenvalue weighted by atomic mass is 10.3. The van der Waals surface area contributed by atoms with Gasteiger partial charge in [-0.2, -0.15) is 0 Å². The summed E-state index contributed by atoms with van der Waals surface area (Å²) in [6, 6.07) is 0. The Balaban J connectivity index is 2.83. The summed E-state index contributed by atoms with van der Waals surface area (Å²) in [6.45, 7) is 3.39. The Labute approximate surface area is 89.5 Å². The van der Waals surface area contributed by atoms with E-state index in [1.165, 1.54) is 6.33 Å². The molecule has 4 nitrogen and oxygen atoms in total. The summed E-state index contributed by atoms with van der Waals surface area (Å²) in [4.78, 5) is 9.63. The molecule has 1 aromatic heterocycles. The van der Waals surface area contributed by atoms with Crippen molar-refractivity contribution >= 4 is 5.82 Å². The molecule has 1 aromatic rings. The van der Waals surface area contributed by atoms with Crippen LogP contribution in [0.15, 0.2) is 6.33 Å². The maximum absolute atomic E-state index is 13.8. The Bertz CT molecular complexity index is 316. The third kappa shape index (κ3) is 2.86. The Hall–Kier alpha value is -1.23. The molecule has 0 aliphatic heterocycles. The molecule has 15 heavy (non-hydrogen) atoms. The highest BCUT2D eigenvalue weighted by molar-refractivity contribution is 5.39. The number of rotatable bonds is 5. The summed E-state index contributed by atoms with van der Waals surface area (Å²) in [5, 5.41) is 3.01. The van der Waals surface area contributed by atoms with Gasteiger partial charge in [0.05, 0.1) is 5.69 Å². The second-order valence-corrected chi connectivity index (χ2v) is 3.34. The minimum atomic E-state index is -0.307. The molecule has 0 saturated heterocycles. The van der Waals surface area contributed by atoms with E-state index in [1.54, 1.807) is 4.90 Å². The van der Waals surface area contributed by atoms with Gasteiger partial charge < -0.3 is 10.2 Å². The van der Waals surface area contributed by atoms with E-state index in [-0.39, 0.29) is 5.82 Å². The number of hydrogen-bond donors (Lipinski definition) is 1. The molecule has 84 valence electrons. The monoisotopic (exact) mass is 212 g/mol. The maximum Gasteiger partial charge on any atom is 0.187 e. The van der Waals surface area contributed by atoms with Crippen molar-refractivity contribution in [1.29, 1.82) is 0 Å². The largest absolute Gasteiger partial charge is 0.356 e. The Morgan fingerprint density at radius 3 is 2.80 bits per heavy atom. The fraction of sp³-hybridized carbons (Fsp3) is 0.600. The molecule has 0 bridgehead atoms. The number of anilines is 1. The van der Waals surface area contributed by atoms with Crippen LogP contribution in [-0.4, -0.2) is 37.2 Å². The average Bonchev–Trinajstić information content (AvgIpc) is 2.26. The molecule has 1 N–H and O–H groups in total. The standard InChI is InChI=1S/C10H17FN4/c1-4-8-9(11)10(14-7-13-8)15(3)6-5-12-2/h7,12H,4-6H2,1-3H3. The van der Waals surface area contributed by atoms with Crippen LogP contribution >= 0.6 is 0 Å². The number of aryl methyl sites for hydroxylation is 1. The lowest BCUT2D eigenvalue weighted by Crippen LogP contribution is -2.28. The van der Waals surface area contributed by atoms with Gasteiger partial charge in [-0.15, -0.1) is 0 Å². The van der Waals surface area contributed by atoms with Crippen LogP contribution in [0.4, 0.5) is 10.2 Å². The van der Waals surface area contributed by atoms with Crippen LogP contribution < -0.4 is 10.2 Å². The molecule has 0 aliphatic rings. The van der Waals surface area contributed by atoms with Crippen LogP contribution in [0.3, 0.4) is 0 Å². The lowest BCUT2D eigenvalue weighted by molar-refractivity contribution is 0.586. The zero-order valence-corrected chi connectivity index (χ0v) is 9.42. The minimum absolute atomic E-state index is 0.307. The van der Waals surface area contributed by atoms with Crippen LogP contribution in [0.2, 0.25) is 0 Å². The Morgan fingerprint density at radius 2 is 2.20 bits per heavy atom. The highest BCUT2D eigenvalue weighted by Crippen LogP contribution is 2.16. The molecular weight excluding hydrogens is 195 g/mol. The highest BCUT2D eigenvalue weighted by Gasteiger charge is 2.12. The zero-order chi connectivity index (χ0) is 11.3. The van der Waals surface area contributed by atoms with Crippen LogP contribution in [0.5, 0.6) is 0 Å². The van der Waals surface area contributed by atoms with Gasteiger partial charge in [0.1, 0.15) is 6.33 Å². The Morgan fingerprint density at radius 1 is 1.47 bits per heavy atom. The van der Waals surface area contributed by atoms with Gasteiger partial charge in [-0.1, -0.05) is 6.92 Å². The number of nitrogens with one attached hydrogen (secondary N) is 1. The summed E-state index contributed by atoms with van der Waals surface area (Å²) < 4.78 is 13.8. The van der Waals surface area contributed by atoms with Gasteiger partial charge in [0, 0.05) is 20.1 Å². The number of hydrogen-bond acceptors (Lipinski definition) is 4. The smallest absolute Gasteiger partial charge is 0.187 e. The van der Waals surface area contributed by atoms with E-state index < -0.39 is 0 Å². The molecule has 0 unspecified atom stereocenters. The Kier molecular flexibility index (Phi) is 4.42. The highest BCUT2D eigenvalue weighted by atomic mass is 19.1. The summed E-state index contributed by atoms with van der Waals surface area (Å²) in [5.41, 5.74) is 0.469. The van der Waals surface area contributed by atoms with E-state index in [1.807, 2.05) is 21.0 Å². The van der Waals surface area contributed by atoms with Crippen molar-refractivity contribution < 1.29 is 4.39 Å². The van der Waals surface area contributed by atoms with Crippen LogP contribution in [0.25, 0.3) is 0 Å². The molecule has 0 amide bonds. The van der Waals surface area contributed by atoms with E-state index in [9.17, 15) is 4.39 Å². The van der Waals surface area contributed by atoms with E-state index in [0.717, 1.165) is 6.54 Å². The van der Waals surface area contributed by atoms with Crippen molar-refractivity contribution in [2.75, 3.05) is 32.1 Å². The zero-order valence-electron chi connectivity index (χ0n) is 9.42. The SMILES string of the molecule is CCc1ncnc(N(C)CCNC)c1F. The van der Waals surface area contributed by atoms with Crippen molar-refractivity contribution in [3.63, 3.8) is 0 Å².